The van der Waals surface area contributed by atoms with E-state index in [2.05, 4.69) is 5.32 Å². The van der Waals surface area contributed by atoms with Gasteiger partial charge in [-0.2, -0.15) is 0 Å². The number of nitrogens with zero attached hydrogens (tertiary/aromatic N) is 1. The molecule has 0 heterocycles. The Morgan fingerprint density at radius 1 is 0.968 bits per heavy atom. The van der Waals surface area contributed by atoms with Gasteiger partial charge in [0.1, 0.15) is 12.4 Å². The standard InChI is InChI=1S/C23H22ClFN2O3S/c1-15-4-8-19(9-5-15)31(29,30)27(22-11-6-16(2)12-17(22)3)14-23(28)26-18-7-10-21(25)20(24)13-18/h4-13H,14H2,1-3H3,(H,26,28). The second-order valence-electron chi connectivity index (χ2n) is 7.29. The molecule has 0 bridgehead atoms. The molecule has 0 saturated heterocycles. The van der Waals surface area contributed by atoms with Crippen molar-refractivity contribution in [2.24, 2.45) is 0 Å². The number of nitrogens with one attached hydrogen (secondary N) is 1. The summed E-state index contributed by atoms with van der Waals surface area (Å²) in [5, 5.41) is 2.44. The number of halogens is 2. The summed E-state index contributed by atoms with van der Waals surface area (Å²) in [5.74, 6) is -1.20. The summed E-state index contributed by atoms with van der Waals surface area (Å²) < 4.78 is 41.3. The molecule has 3 aromatic carbocycles. The molecule has 3 aromatic rings. The van der Waals surface area contributed by atoms with Crippen LogP contribution in [0.3, 0.4) is 0 Å². The molecule has 1 amide bonds. The van der Waals surface area contributed by atoms with E-state index in [0.29, 0.717) is 11.3 Å². The van der Waals surface area contributed by atoms with Crippen LogP contribution in [0.5, 0.6) is 0 Å². The number of amides is 1. The van der Waals surface area contributed by atoms with Gasteiger partial charge < -0.3 is 5.32 Å². The van der Waals surface area contributed by atoms with E-state index in [1.165, 1.54) is 24.3 Å². The van der Waals surface area contributed by atoms with Gasteiger partial charge in [0.15, 0.2) is 0 Å². The van der Waals surface area contributed by atoms with Crippen LogP contribution in [-0.4, -0.2) is 20.9 Å². The van der Waals surface area contributed by atoms with Gasteiger partial charge in [0.25, 0.3) is 10.0 Å². The van der Waals surface area contributed by atoms with Crippen molar-refractivity contribution in [2.45, 2.75) is 25.7 Å². The van der Waals surface area contributed by atoms with Crippen molar-refractivity contribution in [2.75, 3.05) is 16.2 Å². The number of carbonyl (C=O) groups excluding carboxylic acids is 1. The molecule has 0 aliphatic carbocycles. The molecule has 0 aliphatic heterocycles. The molecule has 1 N–H and O–H groups in total. The highest BCUT2D eigenvalue weighted by Crippen LogP contribution is 2.28. The molecule has 0 radical (unpaired) electrons. The van der Waals surface area contributed by atoms with Crippen LogP contribution in [-0.2, 0) is 14.8 Å². The van der Waals surface area contributed by atoms with Crippen molar-refractivity contribution in [3.05, 3.63) is 88.2 Å². The van der Waals surface area contributed by atoms with Gasteiger partial charge in [0.05, 0.1) is 15.6 Å². The van der Waals surface area contributed by atoms with E-state index in [-0.39, 0.29) is 15.6 Å². The highest BCUT2D eigenvalue weighted by atomic mass is 35.5. The lowest BCUT2D eigenvalue weighted by Gasteiger charge is -2.26. The average Bonchev–Trinajstić information content (AvgIpc) is 2.70. The molecule has 0 aliphatic rings. The first-order valence-corrected chi connectivity index (χ1v) is 11.3. The van der Waals surface area contributed by atoms with Crippen LogP contribution in [0.15, 0.2) is 65.6 Å². The zero-order chi connectivity index (χ0) is 22.8. The second kappa shape index (κ2) is 9.08. The minimum atomic E-state index is -4.02. The SMILES string of the molecule is Cc1ccc(S(=O)(=O)N(CC(=O)Nc2ccc(F)c(Cl)c2)c2ccc(C)cc2C)cc1. The maximum Gasteiger partial charge on any atom is 0.264 e. The van der Waals surface area contributed by atoms with Gasteiger partial charge in [0, 0.05) is 5.69 Å². The van der Waals surface area contributed by atoms with Gasteiger partial charge in [-0.3, -0.25) is 9.10 Å². The number of aryl methyl sites for hydroxylation is 3. The van der Waals surface area contributed by atoms with Gasteiger partial charge >= 0.3 is 0 Å². The first-order chi connectivity index (χ1) is 14.6. The first kappa shape index (κ1) is 22.8. The summed E-state index contributed by atoms with van der Waals surface area (Å²) in [7, 11) is -4.02. The minimum Gasteiger partial charge on any atom is -0.324 e. The Morgan fingerprint density at radius 3 is 2.23 bits per heavy atom. The summed E-state index contributed by atoms with van der Waals surface area (Å²) >= 11 is 5.77. The van der Waals surface area contributed by atoms with Crippen LogP contribution in [0.2, 0.25) is 5.02 Å². The van der Waals surface area contributed by atoms with E-state index in [1.807, 2.05) is 19.9 Å². The normalized spacial score (nSPS) is 11.3. The van der Waals surface area contributed by atoms with E-state index in [0.717, 1.165) is 21.5 Å². The monoisotopic (exact) mass is 460 g/mol. The van der Waals surface area contributed by atoms with Crippen molar-refractivity contribution >= 4 is 38.9 Å². The molecule has 5 nitrogen and oxygen atoms in total. The van der Waals surface area contributed by atoms with Crippen molar-refractivity contribution in [1.29, 1.82) is 0 Å². The van der Waals surface area contributed by atoms with Crippen molar-refractivity contribution in [3.8, 4) is 0 Å². The topological polar surface area (TPSA) is 66.5 Å². The van der Waals surface area contributed by atoms with Crippen molar-refractivity contribution in [3.63, 3.8) is 0 Å². The largest absolute Gasteiger partial charge is 0.324 e. The zero-order valence-electron chi connectivity index (χ0n) is 17.3. The van der Waals surface area contributed by atoms with E-state index >= 15 is 0 Å². The Kier molecular flexibility index (Phi) is 6.67. The molecule has 0 fully saturated rings. The molecule has 0 saturated carbocycles. The highest BCUT2D eigenvalue weighted by Gasteiger charge is 2.28. The molecule has 0 atom stereocenters. The molecule has 8 heteroatoms. The lowest BCUT2D eigenvalue weighted by atomic mass is 10.1. The van der Waals surface area contributed by atoms with Gasteiger partial charge in [-0.05, 0) is 62.7 Å². The fraction of sp³-hybridized carbons (Fsp3) is 0.174. The molecule has 162 valence electrons. The van der Waals surface area contributed by atoms with Gasteiger partial charge in [-0.25, -0.2) is 12.8 Å². The molecular formula is C23H22ClFN2O3S. The van der Waals surface area contributed by atoms with E-state index in [4.69, 9.17) is 11.6 Å². The third kappa shape index (κ3) is 5.24. The van der Waals surface area contributed by atoms with Crippen LogP contribution in [0.25, 0.3) is 0 Å². The number of rotatable bonds is 6. The third-order valence-corrected chi connectivity index (χ3v) is 6.78. The summed E-state index contributed by atoms with van der Waals surface area (Å²) in [5.41, 5.74) is 3.28. The van der Waals surface area contributed by atoms with E-state index < -0.39 is 28.3 Å². The number of hydrogen-bond donors (Lipinski definition) is 1. The number of sulfonamides is 1. The predicted molar refractivity (Wildman–Crippen MR) is 122 cm³/mol. The molecule has 3 rings (SSSR count). The Morgan fingerprint density at radius 2 is 1.61 bits per heavy atom. The fourth-order valence-corrected chi connectivity index (χ4v) is 4.79. The summed E-state index contributed by atoms with van der Waals surface area (Å²) in [6.07, 6.45) is 0. The Bertz CT molecular complexity index is 1230. The van der Waals surface area contributed by atoms with Gasteiger partial charge in [-0.15, -0.1) is 0 Å². The third-order valence-electron chi connectivity index (χ3n) is 4.72. The molecule has 0 spiro atoms. The summed E-state index contributed by atoms with van der Waals surface area (Å²) in [6.45, 7) is 5.09. The summed E-state index contributed by atoms with van der Waals surface area (Å²) in [6, 6.07) is 15.5. The highest BCUT2D eigenvalue weighted by molar-refractivity contribution is 7.92. The predicted octanol–water partition coefficient (Wildman–Crippen LogP) is 5.24. The van der Waals surface area contributed by atoms with E-state index in [9.17, 15) is 17.6 Å². The molecule has 0 aromatic heterocycles. The maximum absolute atomic E-state index is 13.4. The van der Waals surface area contributed by atoms with Crippen LogP contribution in [0, 0.1) is 26.6 Å². The fourth-order valence-electron chi connectivity index (χ4n) is 3.13. The first-order valence-electron chi connectivity index (χ1n) is 9.49. The van der Waals surface area contributed by atoms with Crippen LogP contribution in [0.1, 0.15) is 16.7 Å². The van der Waals surface area contributed by atoms with Crippen LogP contribution in [0.4, 0.5) is 15.8 Å². The molecular weight excluding hydrogens is 439 g/mol. The number of benzene rings is 3. The summed E-state index contributed by atoms with van der Waals surface area (Å²) in [4.78, 5) is 12.8. The van der Waals surface area contributed by atoms with E-state index in [1.54, 1.807) is 31.2 Å². The number of hydrogen-bond acceptors (Lipinski definition) is 3. The van der Waals surface area contributed by atoms with Crippen molar-refractivity contribution in [1.82, 2.24) is 0 Å². The lowest BCUT2D eigenvalue weighted by Crippen LogP contribution is -2.38. The average molecular weight is 461 g/mol. The Hall–Kier alpha value is -2.90. The Balaban J connectivity index is 1.98. The Labute approximate surface area is 186 Å². The molecule has 0 unspecified atom stereocenters. The number of carbonyl (C=O) groups is 1. The van der Waals surface area contributed by atoms with Crippen LogP contribution < -0.4 is 9.62 Å². The lowest BCUT2D eigenvalue weighted by molar-refractivity contribution is -0.114. The van der Waals surface area contributed by atoms with Gasteiger partial charge in [-0.1, -0.05) is 47.0 Å². The number of anilines is 2. The maximum atomic E-state index is 13.4. The minimum absolute atomic E-state index is 0.0794. The second-order valence-corrected chi connectivity index (χ2v) is 9.56. The smallest absolute Gasteiger partial charge is 0.264 e. The quantitative estimate of drug-likeness (QED) is 0.547. The van der Waals surface area contributed by atoms with Gasteiger partial charge in [0.2, 0.25) is 5.91 Å². The molecule has 31 heavy (non-hydrogen) atoms. The van der Waals surface area contributed by atoms with Crippen molar-refractivity contribution < 1.29 is 17.6 Å². The van der Waals surface area contributed by atoms with Crippen LogP contribution >= 0.6 is 11.6 Å². The zero-order valence-corrected chi connectivity index (χ0v) is 18.9.